The zero-order valence-electron chi connectivity index (χ0n) is 15.0. The highest BCUT2D eigenvalue weighted by atomic mass is 32.1. The molecule has 0 saturated heterocycles. The SMILES string of the molecule is Cc1cc2c(=O)n(CC(=O)NC3(c4ccccc4F)CCCC3)cnc2s1. The predicted molar refractivity (Wildman–Crippen MR) is 103 cm³/mol. The van der Waals surface area contributed by atoms with E-state index < -0.39 is 5.54 Å². The van der Waals surface area contributed by atoms with E-state index >= 15 is 0 Å². The summed E-state index contributed by atoms with van der Waals surface area (Å²) in [5.41, 5.74) is -0.418. The molecule has 1 aliphatic carbocycles. The van der Waals surface area contributed by atoms with E-state index in [1.54, 1.807) is 24.3 Å². The number of nitrogens with one attached hydrogen (secondary N) is 1. The Kier molecular flexibility index (Phi) is 4.55. The first-order valence-corrected chi connectivity index (χ1v) is 9.82. The van der Waals surface area contributed by atoms with Crippen molar-refractivity contribution in [2.24, 2.45) is 0 Å². The van der Waals surface area contributed by atoms with Gasteiger partial charge in [0.1, 0.15) is 17.2 Å². The van der Waals surface area contributed by atoms with Crippen LogP contribution in [-0.2, 0) is 16.9 Å². The van der Waals surface area contributed by atoms with E-state index in [0.717, 1.165) is 17.7 Å². The molecule has 3 aromatic rings. The van der Waals surface area contributed by atoms with Gasteiger partial charge < -0.3 is 5.32 Å². The number of carbonyl (C=O) groups excluding carboxylic acids is 1. The molecule has 0 bridgehead atoms. The number of carbonyl (C=O) groups is 1. The molecule has 2 aromatic heterocycles. The Morgan fingerprint density at radius 2 is 2.07 bits per heavy atom. The number of aryl methyl sites for hydroxylation is 1. The van der Waals surface area contributed by atoms with Crippen molar-refractivity contribution in [1.82, 2.24) is 14.9 Å². The minimum Gasteiger partial charge on any atom is -0.345 e. The molecule has 1 saturated carbocycles. The maximum absolute atomic E-state index is 14.4. The van der Waals surface area contributed by atoms with Crippen LogP contribution >= 0.6 is 11.3 Å². The smallest absolute Gasteiger partial charge is 0.262 e. The highest BCUT2D eigenvalue weighted by Crippen LogP contribution is 2.39. The molecule has 5 nitrogen and oxygen atoms in total. The zero-order chi connectivity index (χ0) is 19.0. The molecule has 4 rings (SSSR count). The minimum atomic E-state index is -0.706. The molecule has 1 amide bonds. The lowest BCUT2D eigenvalue weighted by atomic mass is 9.87. The number of fused-ring (bicyclic) bond motifs is 1. The summed E-state index contributed by atoms with van der Waals surface area (Å²) in [6, 6.07) is 8.37. The van der Waals surface area contributed by atoms with Gasteiger partial charge in [-0.05, 0) is 31.9 Å². The summed E-state index contributed by atoms with van der Waals surface area (Å²) < 4.78 is 15.7. The summed E-state index contributed by atoms with van der Waals surface area (Å²) in [5, 5.41) is 3.54. The van der Waals surface area contributed by atoms with Gasteiger partial charge in [0, 0.05) is 10.4 Å². The maximum Gasteiger partial charge on any atom is 0.262 e. The third kappa shape index (κ3) is 3.27. The second kappa shape index (κ2) is 6.88. The minimum absolute atomic E-state index is 0.132. The van der Waals surface area contributed by atoms with Gasteiger partial charge in [-0.15, -0.1) is 11.3 Å². The summed E-state index contributed by atoms with van der Waals surface area (Å²) in [6.07, 6.45) is 4.64. The molecule has 0 unspecified atom stereocenters. The lowest BCUT2D eigenvalue weighted by Gasteiger charge is -2.31. The molecular weight excluding hydrogens is 365 g/mol. The molecule has 0 atom stereocenters. The van der Waals surface area contributed by atoms with Crippen LogP contribution in [0.25, 0.3) is 10.2 Å². The van der Waals surface area contributed by atoms with Gasteiger partial charge in [-0.2, -0.15) is 0 Å². The first kappa shape index (κ1) is 17.9. The first-order chi connectivity index (χ1) is 13.0. The van der Waals surface area contributed by atoms with Crippen molar-refractivity contribution < 1.29 is 9.18 Å². The molecule has 0 spiro atoms. The van der Waals surface area contributed by atoms with Gasteiger partial charge in [0.15, 0.2) is 0 Å². The summed E-state index contributed by atoms with van der Waals surface area (Å²) in [5.74, 6) is -0.621. The van der Waals surface area contributed by atoms with E-state index in [1.807, 2.05) is 6.92 Å². The van der Waals surface area contributed by atoms with Crippen LogP contribution < -0.4 is 10.9 Å². The topological polar surface area (TPSA) is 64.0 Å². The van der Waals surface area contributed by atoms with E-state index in [-0.39, 0.29) is 23.8 Å². The van der Waals surface area contributed by atoms with Crippen molar-refractivity contribution in [2.45, 2.75) is 44.7 Å². The monoisotopic (exact) mass is 385 g/mol. The van der Waals surface area contributed by atoms with Crippen LogP contribution in [0.1, 0.15) is 36.1 Å². The fourth-order valence-electron chi connectivity index (χ4n) is 3.94. The molecule has 1 aliphatic rings. The Morgan fingerprint density at radius 1 is 1.33 bits per heavy atom. The quantitative estimate of drug-likeness (QED) is 0.748. The Bertz CT molecular complexity index is 1070. The van der Waals surface area contributed by atoms with E-state index in [2.05, 4.69) is 10.3 Å². The van der Waals surface area contributed by atoms with Crippen molar-refractivity contribution in [3.63, 3.8) is 0 Å². The van der Waals surface area contributed by atoms with Crippen LogP contribution in [0.2, 0.25) is 0 Å². The molecule has 1 N–H and O–H groups in total. The van der Waals surface area contributed by atoms with Crippen LogP contribution in [0, 0.1) is 12.7 Å². The van der Waals surface area contributed by atoms with Crippen LogP contribution in [0.3, 0.4) is 0 Å². The van der Waals surface area contributed by atoms with E-state index in [0.29, 0.717) is 28.6 Å². The lowest BCUT2D eigenvalue weighted by Crippen LogP contribution is -2.46. The van der Waals surface area contributed by atoms with Crippen LogP contribution in [-0.4, -0.2) is 15.5 Å². The highest BCUT2D eigenvalue weighted by molar-refractivity contribution is 7.18. The van der Waals surface area contributed by atoms with Gasteiger partial charge in [-0.25, -0.2) is 9.37 Å². The van der Waals surface area contributed by atoms with Gasteiger partial charge in [0.25, 0.3) is 5.56 Å². The van der Waals surface area contributed by atoms with Crippen LogP contribution in [0.4, 0.5) is 4.39 Å². The lowest BCUT2D eigenvalue weighted by molar-refractivity contribution is -0.123. The number of amides is 1. The summed E-state index contributed by atoms with van der Waals surface area (Å²) in [6.45, 7) is 1.79. The van der Waals surface area contributed by atoms with Crippen molar-refractivity contribution in [3.8, 4) is 0 Å². The highest BCUT2D eigenvalue weighted by Gasteiger charge is 2.38. The third-order valence-electron chi connectivity index (χ3n) is 5.18. The molecule has 140 valence electrons. The van der Waals surface area contributed by atoms with Crippen LogP contribution in [0.15, 0.2) is 41.5 Å². The Balaban J connectivity index is 1.61. The average molecular weight is 385 g/mol. The number of hydrogen-bond acceptors (Lipinski definition) is 4. The van der Waals surface area contributed by atoms with Gasteiger partial charge in [0.2, 0.25) is 5.91 Å². The standard InChI is InChI=1S/C20H20FN3O2S/c1-13-10-14-18(27-13)22-12-24(19(14)26)11-17(25)23-20(8-4-5-9-20)15-6-2-3-7-16(15)21/h2-3,6-7,10,12H,4-5,8-9,11H2,1H3,(H,23,25). The Hall–Kier alpha value is -2.54. The molecule has 1 fully saturated rings. The van der Waals surface area contributed by atoms with Gasteiger partial charge >= 0.3 is 0 Å². The number of nitrogens with zero attached hydrogens (tertiary/aromatic N) is 2. The van der Waals surface area contributed by atoms with E-state index in [9.17, 15) is 14.0 Å². The average Bonchev–Trinajstić information content (AvgIpc) is 3.25. The molecule has 27 heavy (non-hydrogen) atoms. The predicted octanol–water partition coefficient (Wildman–Crippen LogP) is 3.49. The second-order valence-corrected chi connectivity index (χ2v) is 8.31. The first-order valence-electron chi connectivity index (χ1n) is 9.00. The molecule has 7 heteroatoms. The summed E-state index contributed by atoms with van der Waals surface area (Å²) >= 11 is 1.45. The fraction of sp³-hybridized carbons (Fsp3) is 0.350. The maximum atomic E-state index is 14.4. The number of benzene rings is 1. The number of rotatable bonds is 4. The van der Waals surface area contributed by atoms with Gasteiger partial charge in [-0.1, -0.05) is 31.0 Å². The number of hydrogen-bond donors (Lipinski definition) is 1. The zero-order valence-corrected chi connectivity index (χ0v) is 15.8. The van der Waals surface area contributed by atoms with Gasteiger partial charge in [0.05, 0.1) is 17.3 Å². The van der Waals surface area contributed by atoms with Gasteiger partial charge in [-0.3, -0.25) is 14.2 Å². The molecule has 1 aromatic carbocycles. The Labute approximate surface area is 159 Å². The molecule has 0 radical (unpaired) electrons. The molecule has 0 aliphatic heterocycles. The summed E-state index contributed by atoms with van der Waals surface area (Å²) in [4.78, 5) is 31.3. The second-order valence-electron chi connectivity index (χ2n) is 7.07. The van der Waals surface area contributed by atoms with Crippen molar-refractivity contribution in [1.29, 1.82) is 0 Å². The molecular formula is C20H20FN3O2S. The number of halogens is 1. The normalized spacial score (nSPS) is 15.9. The largest absolute Gasteiger partial charge is 0.345 e. The number of thiophene rings is 1. The third-order valence-corrected chi connectivity index (χ3v) is 6.14. The van der Waals surface area contributed by atoms with Crippen molar-refractivity contribution in [3.05, 3.63) is 63.3 Å². The molecule has 2 heterocycles. The van der Waals surface area contributed by atoms with E-state index in [1.165, 1.54) is 28.3 Å². The number of aromatic nitrogens is 2. The van der Waals surface area contributed by atoms with Crippen molar-refractivity contribution in [2.75, 3.05) is 0 Å². The Morgan fingerprint density at radius 3 is 2.81 bits per heavy atom. The van der Waals surface area contributed by atoms with Crippen molar-refractivity contribution >= 4 is 27.5 Å². The fourth-order valence-corrected chi connectivity index (χ4v) is 4.78. The van der Waals surface area contributed by atoms with Crippen LogP contribution in [0.5, 0.6) is 0 Å². The summed E-state index contributed by atoms with van der Waals surface area (Å²) in [7, 11) is 0. The van der Waals surface area contributed by atoms with E-state index in [4.69, 9.17) is 0 Å².